The van der Waals surface area contributed by atoms with Crippen molar-refractivity contribution in [1.29, 1.82) is 0 Å². The van der Waals surface area contributed by atoms with Crippen LogP contribution < -0.4 is 5.32 Å². The van der Waals surface area contributed by atoms with Crippen LogP contribution >= 0.6 is 0 Å². The van der Waals surface area contributed by atoms with Gasteiger partial charge in [0.1, 0.15) is 5.69 Å². The predicted molar refractivity (Wildman–Crippen MR) is 62.4 cm³/mol. The molecule has 2 heterocycles. The fourth-order valence-corrected chi connectivity index (χ4v) is 1.34. The number of rotatable bonds is 3. The van der Waals surface area contributed by atoms with Crippen LogP contribution in [0.4, 0.5) is 5.69 Å². The third kappa shape index (κ3) is 2.51. The number of pyridine rings is 1. The molecule has 0 spiro atoms. The lowest BCUT2D eigenvalue weighted by Crippen LogP contribution is -2.11. The number of anilines is 1. The molecule has 7 heteroatoms. The van der Waals surface area contributed by atoms with E-state index in [0.29, 0.717) is 11.3 Å². The number of aromatic nitrogens is 3. The lowest BCUT2D eigenvalue weighted by Gasteiger charge is -2.02. The quantitative estimate of drug-likeness (QED) is 0.833. The van der Waals surface area contributed by atoms with E-state index in [2.05, 4.69) is 15.4 Å². The van der Waals surface area contributed by atoms with Crippen molar-refractivity contribution >= 4 is 17.6 Å². The Morgan fingerprint density at radius 1 is 1.33 bits per heavy atom. The van der Waals surface area contributed by atoms with Gasteiger partial charge < -0.3 is 10.4 Å². The fraction of sp³-hybridized carbons (Fsp3) is 0.0909. The number of carbonyl (C=O) groups excluding carboxylic acids is 1. The molecule has 2 aromatic rings. The Bertz CT molecular complexity index is 589. The van der Waals surface area contributed by atoms with Crippen molar-refractivity contribution in [3.63, 3.8) is 0 Å². The number of hydrogen-bond acceptors (Lipinski definition) is 4. The van der Waals surface area contributed by atoms with E-state index < -0.39 is 5.97 Å². The molecule has 0 unspecified atom stereocenters. The molecular weight excluding hydrogens is 236 g/mol. The Morgan fingerprint density at radius 2 is 2.11 bits per heavy atom. The van der Waals surface area contributed by atoms with Gasteiger partial charge in [0.25, 0.3) is 5.91 Å². The molecule has 0 aromatic carbocycles. The number of carboxylic acids is 1. The van der Waals surface area contributed by atoms with Gasteiger partial charge in [0.15, 0.2) is 0 Å². The van der Waals surface area contributed by atoms with Gasteiger partial charge >= 0.3 is 5.97 Å². The molecule has 1 amide bonds. The molecule has 0 fully saturated rings. The topological polar surface area (TPSA) is 97.1 Å². The van der Waals surface area contributed by atoms with Gasteiger partial charge in [-0.1, -0.05) is 0 Å². The Labute approximate surface area is 102 Å². The van der Waals surface area contributed by atoms with E-state index in [0.717, 1.165) is 0 Å². The first-order chi connectivity index (χ1) is 8.56. The molecule has 0 radical (unpaired) electrons. The number of carbonyl (C=O) groups is 2. The summed E-state index contributed by atoms with van der Waals surface area (Å²) < 4.78 is 1.51. The summed E-state index contributed by atoms with van der Waals surface area (Å²) in [5.41, 5.74) is 0.767. The predicted octanol–water partition coefficient (Wildman–Crippen LogP) is 0.766. The molecule has 2 rings (SSSR count). The summed E-state index contributed by atoms with van der Waals surface area (Å²) in [6, 6.07) is 2.80. The van der Waals surface area contributed by atoms with Crippen LogP contribution in [0, 0.1) is 0 Å². The molecular formula is C11H10N4O3. The van der Waals surface area contributed by atoms with Gasteiger partial charge in [-0.15, -0.1) is 0 Å². The van der Waals surface area contributed by atoms with Gasteiger partial charge in [0.2, 0.25) is 0 Å². The van der Waals surface area contributed by atoms with Gasteiger partial charge in [-0.05, 0) is 12.1 Å². The molecule has 7 nitrogen and oxygen atoms in total. The maximum atomic E-state index is 11.7. The minimum Gasteiger partial charge on any atom is -0.477 e. The number of carboxylic acid groups (broad SMARTS) is 1. The third-order valence-corrected chi connectivity index (χ3v) is 2.21. The van der Waals surface area contributed by atoms with Crippen molar-refractivity contribution < 1.29 is 14.7 Å². The van der Waals surface area contributed by atoms with Gasteiger partial charge in [0, 0.05) is 13.2 Å². The molecule has 2 N–H and O–H groups in total. The molecule has 18 heavy (non-hydrogen) atoms. The molecule has 0 aliphatic carbocycles. The number of hydrogen-bond donors (Lipinski definition) is 2. The van der Waals surface area contributed by atoms with E-state index in [1.807, 2.05) is 0 Å². The smallest absolute Gasteiger partial charge is 0.354 e. The summed E-state index contributed by atoms with van der Waals surface area (Å²) in [7, 11) is 1.71. The fourth-order valence-electron chi connectivity index (χ4n) is 1.34. The number of aromatic carboxylic acids is 1. The van der Waals surface area contributed by atoms with E-state index in [9.17, 15) is 9.59 Å². The van der Waals surface area contributed by atoms with Gasteiger partial charge in [-0.2, -0.15) is 5.10 Å². The van der Waals surface area contributed by atoms with Crippen LogP contribution in [0.2, 0.25) is 0 Å². The third-order valence-electron chi connectivity index (χ3n) is 2.21. The van der Waals surface area contributed by atoms with Crippen LogP contribution in [0.5, 0.6) is 0 Å². The molecule has 2 aromatic heterocycles. The average Bonchev–Trinajstić information content (AvgIpc) is 2.76. The van der Waals surface area contributed by atoms with E-state index in [4.69, 9.17) is 5.11 Å². The summed E-state index contributed by atoms with van der Waals surface area (Å²) in [5, 5.41) is 15.1. The van der Waals surface area contributed by atoms with Crippen LogP contribution in [-0.4, -0.2) is 31.7 Å². The minimum atomic E-state index is -1.11. The van der Waals surface area contributed by atoms with E-state index >= 15 is 0 Å². The molecule has 0 bridgehead atoms. The maximum Gasteiger partial charge on any atom is 0.354 e. The van der Waals surface area contributed by atoms with E-state index in [1.54, 1.807) is 13.2 Å². The SMILES string of the molecule is Cn1cc(C(=O)Nc2ccc(C(=O)O)nc2)cn1. The summed E-state index contributed by atoms with van der Waals surface area (Å²) in [5.74, 6) is -1.44. The van der Waals surface area contributed by atoms with Crippen molar-refractivity contribution in [1.82, 2.24) is 14.8 Å². The second kappa shape index (κ2) is 4.66. The zero-order valence-corrected chi connectivity index (χ0v) is 9.49. The molecule has 0 atom stereocenters. The second-order valence-corrected chi connectivity index (χ2v) is 3.59. The Kier molecular flexibility index (Phi) is 3.05. The Morgan fingerprint density at radius 3 is 2.61 bits per heavy atom. The minimum absolute atomic E-state index is 0.0747. The zero-order valence-electron chi connectivity index (χ0n) is 9.49. The first-order valence-electron chi connectivity index (χ1n) is 5.05. The lowest BCUT2D eigenvalue weighted by atomic mass is 10.3. The summed E-state index contributed by atoms with van der Waals surface area (Å²) >= 11 is 0. The van der Waals surface area contributed by atoms with Crippen LogP contribution in [-0.2, 0) is 7.05 Å². The number of amides is 1. The van der Waals surface area contributed by atoms with Crippen LogP contribution in [0.3, 0.4) is 0 Å². The van der Waals surface area contributed by atoms with Crippen LogP contribution in [0.25, 0.3) is 0 Å². The number of nitrogens with zero attached hydrogens (tertiary/aromatic N) is 3. The van der Waals surface area contributed by atoms with Crippen molar-refractivity contribution in [3.8, 4) is 0 Å². The summed E-state index contributed by atoms with van der Waals surface area (Å²) in [4.78, 5) is 26.0. The average molecular weight is 246 g/mol. The van der Waals surface area contributed by atoms with Crippen molar-refractivity contribution in [2.45, 2.75) is 0 Å². The second-order valence-electron chi connectivity index (χ2n) is 3.59. The van der Waals surface area contributed by atoms with Crippen molar-refractivity contribution in [2.75, 3.05) is 5.32 Å². The van der Waals surface area contributed by atoms with Gasteiger partial charge in [-0.25, -0.2) is 9.78 Å². The van der Waals surface area contributed by atoms with Crippen molar-refractivity contribution in [3.05, 3.63) is 42.0 Å². The van der Waals surface area contributed by atoms with Crippen molar-refractivity contribution in [2.24, 2.45) is 7.05 Å². The first-order valence-corrected chi connectivity index (χ1v) is 5.05. The Hall–Kier alpha value is -2.70. The standard InChI is InChI=1S/C11H10N4O3/c1-15-6-7(4-13-15)10(16)14-8-2-3-9(11(17)18)12-5-8/h2-6H,1H3,(H,14,16)(H,17,18). The van der Waals surface area contributed by atoms with E-state index in [1.165, 1.54) is 29.2 Å². The monoisotopic (exact) mass is 246 g/mol. The highest BCUT2D eigenvalue weighted by molar-refractivity contribution is 6.03. The van der Waals surface area contributed by atoms with Crippen LogP contribution in [0.15, 0.2) is 30.7 Å². The molecule has 0 aliphatic heterocycles. The highest BCUT2D eigenvalue weighted by atomic mass is 16.4. The highest BCUT2D eigenvalue weighted by Gasteiger charge is 2.09. The number of aryl methyl sites for hydroxylation is 1. The summed E-state index contributed by atoms with van der Waals surface area (Å²) in [6.07, 6.45) is 4.31. The largest absolute Gasteiger partial charge is 0.477 e. The Balaban J connectivity index is 2.10. The molecule has 92 valence electrons. The van der Waals surface area contributed by atoms with Gasteiger partial charge in [-0.3, -0.25) is 9.48 Å². The van der Waals surface area contributed by atoms with E-state index in [-0.39, 0.29) is 11.6 Å². The molecule has 0 saturated carbocycles. The van der Waals surface area contributed by atoms with Crippen LogP contribution in [0.1, 0.15) is 20.8 Å². The normalized spacial score (nSPS) is 10.1. The number of nitrogens with one attached hydrogen (secondary N) is 1. The molecule has 0 saturated heterocycles. The zero-order chi connectivity index (χ0) is 13.1. The van der Waals surface area contributed by atoms with Gasteiger partial charge in [0.05, 0.1) is 23.6 Å². The lowest BCUT2D eigenvalue weighted by molar-refractivity contribution is 0.0690. The first kappa shape index (κ1) is 11.8. The maximum absolute atomic E-state index is 11.7. The highest BCUT2D eigenvalue weighted by Crippen LogP contribution is 2.08. The summed E-state index contributed by atoms with van der Waals surface area (Å²) in [6.45, 7) is 0. The molecule has 0 aliphatic rings.